The predicted molar refractivity (Wildman–Crippen MR) is 50.1 cm³/mol. The number of carbonyl (C=O) groups is 1. The van der Waals surface area contributed by atoms with Crippen LogP contribution in [-0.2, 0) is 9.53 Å². The zero-order valence-corrected chi connectivity index (χ0v) is 8.36. The quantitative estimate of drug-likeness (QED) is 0.379. The van der Waals surface area contributed by atoms with Gasteiger partial charge in [-0.3, -0.25) is 0 Å². The van der Waals surface area contributed by atoms with Crippen molar-refractivity contribution in [2.75, 3.05) is 0 Å². The summed E-state index contributed by atoms with van der Waals surface area (Å²) in [4.78, 5) is 10.9. The molecule has 0 aromatic heterocycles. The number of alkyl halides is 1. The van der Waals surface area contributed by atoms with Gasteiger partial charge in [0, 0.05) is 5.57 Å². The Balaban J connectivity index is 3.61. The van der Waals surface area contributed by atoms with Crippen LogP contribution in [0.15, 0.2) is 12.2 Å². The van der Waals surface area contributed by atoms with Crippen molar-refractivity contribution in [1.29, 1.82) is 0 Å². The molecule has 0 fully saturated rings. The van der Waals surface area contributed by atoms with Crippen molar-refractivity contribution >= 4 is 17.6 Å². The normalized spacial score (nSPS) is 12.2. The van der Waals surface area contributed by atoms with Gasteiger partial charge in [0.1, 0.15) is 0 Å². The van der Waals surface area contributed by atoms with Crippen LogP contribution >= 0.6 is 11.6 Å². The van der Waals surface area contributed by atoms with E-state index in [1.807, 2.05) is 0 Å². The first kappa shape index (κ1) is 11.5. The molecule has 1 atom stereocenters. The summed E-state index contributed by atoms with van der Waals surface area (Å²) < 4.78 is 4.84. The number of hydrogen-bond donors (Lipinski definition) is 0. The van der Waals surface area contributed by atoms with E-state index in [1.165, 1.54) is 0 Å². The number of ether oxygens (including phenoxy) is 1. The van der Waals surface area contributed by atoms with E-state index in [1.54, 1.807) is 6.92 Å². The Morgan fingerprint density at radius 2 is 2.25 bits per heavy atom. The first-order valence-electron chi connectivity index (χ1n) is 4.08. The molecule has 0 aromatic carbocycles. The van der Waals surface area contributed by atoms with Gasteiger partial charge >= 0.3 is 5.97 Å². The first-order valence-corrected chi connectivity index (χ1v) is 4.52. The van der Waals surface area contributed by atoms with Gasteiger partial charge in [0.25, 0.3) is 0 Å². The lowest BCUT2D eigenvalue weighted by atomic mass is 10.3. The second kappa shape index (κ2) is 6.06. The van der Waals surface area contributed by atoms with Gasteiger partial charge in [-0.05, 0) is 19.8 Å². The van der Waals surface area contributed by atoms with E-state index < -0.39 is 11.5 Å². The molecule has 0 radical (unpaired) electrons. The lowest BCUT2D eigenvalue weighted by molar-refractivity contribution is -0.140. The number of esters is 1. The topological polar surface area (TPSA) is 26.3 Å². The maximum Gasteiger partial charge on any atom is 0.334 e. The van der Waals surface area contributed by atoms with Gasteiger partial charge in [-0.15, -0.1) is 0 Å². The van der Waals surface area contributed by atoms with Gasteiger partial charge in [0.05, 0.1) is 0 Å². The Bertz CT molecular complexity index is 166. The second-order valence-electron chi connectivity index (χ2n) is 2.74. The predicted octanol–water partition coefficient (Wildman–Crippen LogP) is 2.86. The van der Waals surface area contributed by atoms with Gasteiger partial charge in [0.15, 0.2) is 5.56 Å². The molecular weight excluding hydrogens is 176 g/mol. The summed E-state index contributed by atoms with van der Waals surface area (Å²) in [5, 5.41) is 0. The lowest BCUT2D eigenvalue weighted by Crippen LogP contribution is -2.12. The highest BCUT2D eigenvalue weighted by molar-refractivity contribution is 6.20. The summed E-state index contributed by atoms with van der Waals surface area (Å²) >= 11 is 5.71. The molecule has 0 saturated carbocycles. The van der Waals surface area contributed by atoms with E-state index in [0.29, 0.717) is 12.0 Å². The van der Waals surface area contributed by atoms with Crippen LogP contribution in [0.2, 0.25) is 0 Å². The molecule has 0 rings (SSSR count). The first-order chi connectivity index (χ1) is 5.57. The number of hydrogen-bond acceptors (Lipinski definition) is 2. The summed E-state index contributed by atoms with van der Waals surface area (Å²) in [6, 6.07) is 0. The molecule has 0 aliphatic rings. The molecular formula is C9H15ClO2. The van der Waals surface area contributed by atoms with Crippen molar-refractivity contribution in [3.05, 3.63) is 12.2 Å². The van der Waals surface area contributed by atoms with Crippen molar-refractivity contribution < 1.29 is 9.53 Å². The highest BCUT2D eigenvalue weighted by Crippen LogP contribution is 2.10. The van der Waals surface area contributed by atoms with Crippen LogP contribution < -0.4 is 0 Å². The van der Waals surface area contributed by atoms with E-state index >= 15 is 0 Å². The molecule has 0 aromatic rings. The fourth-order valence-electron chi connectivity index (χ4n) is 0.640. The molecule has 0 bridgehead atoms. The third-order valence-electron chi connectivity index (χ3n) is 1.37. The number of rotatable bonds is 5. The van der Waals surface area contributed by atoms with Gasteiger partial charge in [0.2, 0.25) is 0 Å². The molecule has 0 amide bonds. The van der Waals surface area contributed by atoms with E-state index in [9.17, 15) is 4.79 Å². The number of carbonyl (C=O) groups excluding carboxylic acids is 1. The molecule has 70 valence electrons. The highest BCUT2D eigenvalue weighted by Gasteiger charge is 2.10. The number of halogens is 1. The molecule has 0 aliphatic carbocycles. The Morgan fingerprint density at radius 3 is 2.67 bits per heavy atom. The van der Waals surface area contributed by atoms with Crippen molar-refractivity contribution in [3.63, 3.8) is 0 Å². The summed E-state index contributed by atoms with van der Waals surface area (Å²) in [6.45, 7) is 7.12. The standard InChI is InChI=1S/C9H15ClO2/c1-4-5-6-8(10)12-9(11)7(2)3/h8H,2,4-6H2,1,3H3. The van der Waals surface area contributed by atoms with E-state index in [2.05, 4.69) is 13.5 Å². The van der Waals surface area contributed by atoms with Crippen molar-refractivity contribution in [2.45, 2.75) is 38.7 Å². The SMILES string of the molecule is C=C(C)C(=O)OC(Cl)CCCC. The largest absolute Gasteiger partial charge is 0.443 e. The van der Waals surface area contributed by atoms with Crippen LogP contribution in [0.4, 0.5) is 0 Å². The minimum atomic E-state index is -0.505. The third-order valence-corrected chi connectivity index (χ3v) is 1.68. The molecule has 0 saturated heterocycles. The van der Waals surface area contributed by atoms with Crippen LogP contribution in [0.5, 0.6) is 0 Å². The Labute approximate surface area is 78.5 Å². The fourth-order valence-corrected chi connectivity index (χ4v) is 0.875. The van der Waals surface area contributed by atoms with E-state index in [-0.39, 0.29) is 0 Å². The van der Waals surface area contributed by atoms with Crippen LogP contribution in [0.25, 0.3) is 0 Å². The molecule has 0 heterocycles. The van der Waals surface area contributed by atoms with Gasteiger partial charge in [-0.2, -0.15) is 0 Å². The van der Waals surface area contributed by atoms with Crippen molar-refractivity contribution in [3.8, 4) is 0 Å². The zero-order chi connectivity index (χ0) is 9.56. The average molecular weight is 191 g/mol. The van der Waals surface area contributed by atoms with Crippen LogP contribution in [0.3, 0.4) is 0 Å². The van der Waals surface area contributed by atoms with Gasteiger partial charge in [-0.1, -0.05) is 31.5 Å². The zero-order valence-electron chi connectivity index (χ0n) is 7.60. The third kappa shape index (κ3) is 5.19. The van der Waals surface area contributed by atoms with E-state index in [0.717, 1.165) is 12.8 Å². The Morgan fingerprint density at radius 1 is 1.67 bits per heavy atom. The minimum Gasteiger partial charge on any atom is -0.443 e. The molecule has 0 N–H and O–H groups in total. The average Bonchev–Trinajstić information content (AvgIpc) is 2.00. The Hall–Kier alpha value is -0.500. The monoisotopic (exact) mass is 190 g/mol. The fraction of sp³-hybridized carbons (Fsp3) is 0.667. The summed E-state index contributed by atoms with van der Waals surface area (Å²) in [5.41, 5.74) is -0.119. The molecule has 1 unspecified atom stereocenters. The lowest BCUT2D eigenvalue weighted by Gasteiger charge is -2.09. The van der Waals surface area contributed by atoms with Gasteiger partial charge < -0.3 is 4.74 Å². The van der Waals surface area contributed by atoms with Crippen LogP contribution in [0.1, 0.15) is 33.1 Å². The smallest absolute Gasteiger partial charge is 0.334 e. The van der Waals surface area contributed by atoms with Crippen LogP contribution in [-0.4, -0.2) is 11.5 Å². The molecule has 3 heteroatoms. The summed E-state index contributed by atoms with van der Waals surface area (Å²) in [5.74, 6) is -0.411. The molecule has 0 spiro atoms. The van der Waals surface area contributed by atoms with Crippen molar-refractivity contribution in [2.24, 2.45) is 0 Å². The second-order valence-corrected chi connectivity index (χ2v) is 3.22. The molecule has 0 aliphatic heterocycles. The molecule has 12 heavy (non-hydrogen) atoms. The van der Waals surface area contributed by atoms with E-state index in [4.69, 9.17) is 16.3 Å². The van der Waals surface area contributed by atoms with Crippen molar-refractivity contribution in [1.82, 2.24) is 0 Å². The number of unbranched alkanes of at least 4 members (excludes halogenated alkanes) is 1. The Kier molecular flexibility index (Phi) is 5.81. The van der Waals surface area contributed by atoms with Gasteiger partial charge in [-0.25, -0.2) is 4.79 Å². The molecule has 2 nitrogen and oxygen atoms in total. The minimum absolute atomic E-state index is 0.386. The summed E-state index contributed by atoms with van der Waals surface area (Å²) in [7, 11) is 0. The maximum atomic E-state index is 10.9. The maximum absolute atomic E-state index is 10.9. The summed E-state index contributed by atoms with van der Waals surface area (Å²) in [6.07, 6.45) is 2.72. The van der Waals surface area contributed by atoms with Crippen LogP contribution in [0, 0.1) is 0 Å². The highest BCUT2D eigenvalue weighted by atomic mass is 35.5.